The molecule has 1 N–H and O–H groups in total. The van der Waals surface area contributed by atoms with Crippen LogP contribution in [0.5, 0.6) is 11.5 Å². The Morgan fingerprint density at radius 1 is 1.10 bits per heavy atom. The van der Waals surface area contributed by atoms with Gasteiger partial charge >= 0.3 is 0 Å². The highest BCUT2D eigenvalue weighted by atomic mass is 19.1. The second-order valence-electron chi connectivity index (χ2n) is 8.27. The molecule has 0 saturated carbocycles. The van der Waals surface area contributed by atoms with Crippen LogP contribution in [-0.4, -0.2) is 24.8 Å². The molecule has 0 radical (unpaired) electrons. The smallest absolute Gasteiger partial charge is 0.284 e. The van der Waals surface area contributed by atoms with Crippen LogP contribution in [-0.2, 0) is 10.2 Å². The Labute approximate surface area is 179 Å². The van der Waals surface area contributed by atoms with Gasteiger partial charge in [0, 0.05) is 5.56 Å². The summed E-state index contributed by atoms with van der Waals surface area (Å²) in [4.78, 5) is 12.4. The molecule has 2 heterocycles. The highest BCUT2D eigenvalue weighted by Crippen LogP contribution is 2.36. The molecule has 0 aliphatic carbocycles. The Hall–Kier alpha value is -3.61. The molecule has 1 aromatic heterocycles. The molecular weight excluding hydrogens is 399 g/mol. The number of nitrogens with one attached hydrogen (secondary N) is 1. The lowest BCUT2D eigenvalue weighted by atomic mass is 9.87. The summed E-state index contributed by atoms with van der Waals surface area (Å²) in [6, 6.07) is 15.2. The third kappa shape index (κ3) is 4.77. The Morgan fingerprint density at radius 3 is 2.61 bits per heavy atom. The number of carbonyl (C=O) groups excluding carboxylic acids is 1. The van der Waals surface area contributed by atoms with E-state index in [1.807, 2.05) is 18.2 Å². The molecule has 2 aromatic carbocycles. The number of hydrogen-bond donors (Lipinski definition) is 1. The van der Waals surface area contributed by atoms with Crippen LogP contribution in [0.25, 0.3) is 11.3 Å². The number of hydrogen-bond acceptors (Lipinski definition) is 5. The number of ether oxygens (including phenoxy) is 2. The van der Waals surface area contributed by atoms with Gasteiger partial charge in [-0.05, 0) is 59.5 Å². The summed E-state index contributed by atoms with van der Waals surface area (Å²) in [6.07, 6.45) is 0.575. The van der Waals surface area contributed by atoms with Crippen LogP contribution < -0.4 is 14.9 Å². The summed E-state index contributed by atoms with van der Waals surface area (Å²) in [6.45, 7) is 6.41. The van der Waals surface area contributed by atoms with E-state index in [9.17, 15) is 9.18 Å². The molecule has 31 heavy (non-hydrogen) atoms. The number of rotatable bonds is 4. The second-order valence-corrected chi connectivity index (χ2v) is 8.27. The highest BCUT2D eigenvalue weighted by Gasteiger charge is 2.28. The van der Waals surface area contributed by atoms with Gasteiger partial charge in [0.15, 0.2) is 11.5 Å². The minimum Gasteiger partial charge on any atom is -0.485 e. The quantitative estimate of drug-likeness (QED) is 0.490. The third-order valence-electron chi connectivity index (χ3n) is 4.88. The predicted molar refractivity (Wildman–Crippen MR) is 115 cm³/mol. The van der Waals surface area contributed by atoms with Gasteiger partial charge in [0.2, 0.25) is 6.10 Å². The maximum absolute atomic E-state index is 13.0. The van der Waals surface area contributed by atoms with Gasteiger partial charge in [-0.3, -0.25) is 4.79 Å². The van der Waals surface area contributed by atoms with Gasteiger partial charge < -0.3 is 13.9 Å². The molecule has 1 atom stereocenters. The van der Waals surface area contributed by atoms with Crippen molar-refractivity contribution >= 4 is 12.1 Å². The van der Waals surface area contributed by atoms with Crippen LogP contribution in [0.15, 0.2) is 64.1 Å². The molecule has 6 nitrogen and oxygen atoms in total. The van der Waals surface area contributed by atoms with Crippen molar-refractivity contribution in [2.24, 2.45) is 5.10 Å². The van der Waals surface area contributed by atoms with E-state index in [0.717, 1.165) is 11.1 Å². The summed E-state index contributed by atoms with van der Waals surface area (Å²) in [5, 5.41) is 3.94. The van der Waals surface area contributed by atoms with E-state index in [4.69, 9.17) is 13.9 Å². The topological polar surface area (TPSA) is 73.1 Å². The van der Waals surface area contributed by atoms with Crippen LogP contribution in [0, 0.1) is 5.82 Å². The van der Waals surface area contributed by atoms with E-state index in [-0.39, 0.29) is 17.8 Å². The molecule has 0 saturated heterocycles. The Kier molecular flexibility index (Phi) is 5.50. The van der Waals surface area contributed by atoms with Gasteiger partial charge in [-0.2, -0.15) is 5.10 Å². The van der Waals surface area contributed by atoms with Crippen LogP contribution >= 0.6 is 0 Å². The Balaban J connectivity index is 1.37. The van der Waals surface area contributed by atoms with E-state index in [1.165, 1.54) is 18.3 Å². The normalized spacial score (nSPS) is 15.8. The number of nitrogens with zero attached hydrogens (tertiary/aromatic N) is 1. The fraction of sp³-hybridized carbons (Fsp3) is 0.250. The molecule has 1 amide bonds. The van der Waals surface area contributed by atoms with Gasteiger partial charge in [-0.1, -0.05) is 26.8 Å². The first-order valence-electron chi connectivity index (χ1n) is 9.92. The van der Waals surface area contributed by atoms with Crippen LogP contribution in [0.3, 0.4) is 0 Å². The first kappa shape index (κ1) is 20.7. The zero-order valence-corrected chi connectivity index (χ0v) is 17.5. The number of amides is 1. The van der Waals surface area contributed by atoms with Crippen molar-refractivity contribution in [2.45, 2.75) is 32.3 Å². The van der Waals surface area contributed by atoms with Gasteiger partial charge in [0.1, 0.15) is 23.9 Å². The summed E-state index contributed by atoms with van der Waals surface area (Å²) < 4.78 is 30.2. The fourth-order valence-corrected chi connectivity index (χ4v) is 3.09. The maximum Gasteiger partial charge on any atom is 0.284 e. The number of halogens is 1. The van der Waals surface area contributed by atoms with E-state index < -0.39 is 12.0 Å². The number of fused-ring (bicyclic) bond motifs is 1. The lowest BCUT2D eigenvalue weighted by Crippen LogP contribution is -2.42. The number of carbonyl (C=O) groups is 1. The number of hydrazone groups is 1. The minimum absolute atomic E-state index is 0.0479. The lowest BCUT2D eigenvalue weighted by Gasteiger charge is -2.27. The van der Waals surface area contributed by atoms with E-state index >= 15 is 0 Å². The van der Waals surface area contributed by atoms with Crippen molar-refractivity contribution in [2.75, 3.05) is 6.61 Å². The summed E-state index contributed by atoms with van der Waals surface area (Å²) in [5.41, 5.74) is 4.23. The first-order valence-corrected chi connectivity index (χ1v) is 9.92. The number of benzene rings is 2. The van der Waals surface area contributed by atoms with Crippen molar-refractivity contribution in [1.82, 2.24) is 5.43 Å². The molecule has 1 aliphatic heterocycles. The molecule has 160 valence electrons. The molecule has 7 heteroatoms. The summed E-state index contributed by atoms with van der Waals surface area (Å²) >= 11 is 0. The van der Waals surface area contributed by atoms with Crippen LogP contribution in [0.2, 0.25) is 0 Å². The Morgan fingerprint density at radius 2 is 1.87 bits per heavy atom. The van der Waals surface area contributed by atoms with E-state index in [0.29, 0.717) is 23.0 Å². The summed E-state index contributed by atoms with van der Waals surface area (Å²) in [5.74, 6) is 1.44. The molecule has 0 bridgehead atoms. The van der Waals surface area contributed by atoms with Crippen LogP contribution in [0.4, 0.5) is 4.39 Å². The molecule has 0 spiro atoms. The van der Waals surface area contributed by atoms with Gasteiger partial charge in [0.25, 0.3) is 5.91 Å². The van der Waals surface area contributed by atoms with Crippen molar-refractivity contribution in [1.29, 1.82) is 0 Å². The molecule has 0 unspecified atom stereocenters. The number of furan rings is 1. The molecule has 3 aromatic rings. The third-order valence-corrected chi connectivity index (χ3v) is 4.88. The average molecular weight is 422 g/mol. The van der Waals surface area contributed by atoms with E-state index in [1.54, 1.807) is 24.3 Å². The largest absolute Gasteiger partial charge is 0.485 e. The highest BCUT2D eigenvalue weighted by molar-refractivity contribution is 5.84. The van der Waals surface area contributed by atoms with Gasteiger partial charge in [-0.15, -0.1) is 0 Å². The molecular formula is C24H23FN2O4. The van der Waals surface area contributed by atoms with Gasteiger partial charge in [-0.25, -0.2) is 9.82 Å². The lowest BCUT2D eigenvalue weighted by molar-refractivity contribution is -0.130. The molecule has 4 rings (SSSR count). The summed E-state index contributed by atoms with van der Waals surface area (Å²) in [7, 11) is 0. The predicted octanol–water partition coefficient (Wildman–Crippen LogP) is 4.67. The maximum atomic E-state index is 13.0. The van der Waals surface area contributed by atoms with Crippen LogP contribution in [0.1, 0.15) is 32.1 Å². The van der Waals surface area contributed by atoms with Crippen molar-refractivity contribution in [3.05, 3.63) is 71.7 Å². The van der Waals surface area contributed by atoms with Crippen molar-refractivity contribution in [3.8, 4) is 22.8 Å². The van der Waals surface area contributed by atoms with Crippen molar-refractivity contribution < 1.29 is 23.1 Å². The fourth-order valence-electron chi connectivity index (χ4n) is 3.09. The average Bonchev–Trinajstić information content (AvgIpc) is 3.21. The SMILES string of the molecule is CC(C)(C)c1ccc2c(c1)O[C@H](C(=O)N/N=C/c1ccc(-c3ccc(F)cc3)o1)CO2. The zero-order valence-electron chi connectivity index (χ0n) is 17.5. The molecule has 0 fully saturated rings. The van der Waals surface area contributed by atoms with Crippen molar-refractivity contribution in [3.63, 3.8) is 0 Å². The second kappa shape index (κ2) is 8.26. The standard InChI is InChI=1S/C24H23FN2O4/c1-24(2,3)16-6-10-20-21(12-16)31-22(14-29-20)23(28)27-26-13-18-9-11-19(30-18)15-4-7-17(25)8-5-15/h4-13,22H,14H2,1-3H3,(H,27,28)/b26-13+/t22-/m0/s1. The first-order chi connectivity index (χ1) is 14.8. The minimum atomic E-state index is -0.814. The molecule has 1 aliphatic rings. The zero-order chi connectivity index (χ0) is 22.0. The van der Waals surface area contributed by atoms with Gasteiger partial charge in [0.05, 0.1) is 6.21 Å². The monoisotopic (exact) mass is 422 g/mol. The van der Waals surface area contributed by atoms with E-state index in [2.05, 4.69) is 31.3 Å². The Bertz CT molecular complexity index is 1110.